The Kier molecular flexibility index (Phi) is 4.27. The van der Waals surface area contributed by atoms with E-state index in [4.69, 9.17) is 10.00 Å². The first kappa shape index (κ1) is 14.4. The van der Waals surface area contributed by atoms with Gasteiger partial charge in [0.15, 0.2) is 6.61 Å². The smallest absolute Gasteiger partial charge is 0.271 e. The van der Waals surface area contributed by atoms with Gasteiger partial charge in [0.25, 0.3) is 10.0 Å². The maximum absolute atomic E-state index is 12.1. The number of benzene rings is 1. The molecule has 2 aromatic rings. The quantitative estimate of drug-likeness (QED) is 0.921. The Morgan fingerprint density at radius 3 is 2.80 bits per heavy atom. The predicted octanol–water partition coefficient (Wildman–Crippen LogP) is 2.76. The number of nitrogens with one attached hydrogen (secondary N) is 1. The van der Waals surface area contributed by atoms with Crippen molar-refractivity contribution >= 4 is 27.0 Å². The van der Waals surface area contributed by atoms with E-state index in [1.54, 1.807) is 30.3 Å². The Labute approximate surface area is 121 Å². The van der Waals surface area contributed by atoms with Gasteiger partial charge in [-0.3, -0.25) is 4.72 Å². The molecule has 5 nitrogen and oxygen atoms in total. The molecule has 104 valence electrons. The van der Waals surface area contributed by atoms with Crippen molar-refractivity contribution in [3.05, 3.63) is 41.3 Å². The molecule has 0 aliphatic carbocycles. The number of hydrogen-bond acceptors (Lipinski definition) is 5. The zero-order chi connectivity index (χ0) is 14.6. The molecule has 1 heterocycles. The van der Waals surface area contributed by atoms with Gasteiger partial charge in [-0.05, 0) is 31.2 Å². The van der Waals surface area contributed by atoms with Crippen LogP contribution < -0.4 is 9.46 Å². The van der Waals surface area contributed by atoms with Gasteiger partial charge in [-0.2, -0.15) is 5.26 Å². The van der Waals surface area contributed by atoms with Gasteiger partial charge in [0.05, 0.1) is 5.69 Å². The van der Waals surface area contributed by atoms with Crippen LogP contribution in [0.4, 0.5) is 5.69 Å². The summed E-state index contributed by atoms with van der Waals surface area (Å²) < 4.78 is 32.2. The highest BCUT2D eigenvalue weighted by molar-refractivity contribution is 7.94. The molecule has 0 unspecified atom stereocenters. The number of ether oxygens (including phenoxy) is 1. The van der Waals surface area contributed by atoms with Crippen molar-refractivity contribution in [2.75, 3.05) is 11.3 Å². The largest absolute Gasteiger partial charge is 0.479 e. The van der Waals surface area contributed by atoms with Crippen LogP contribution in [0.25, 0.3) is 0 Å². The van der Waals surface area contributed by atoms with E-state index in [0.29, 0.717) is 11.4 Å². The first-order valence-electron chi connectivity index (χ1n) is 5.70. The third-order valence-electron chi connectivity index (χ3n) is 2.37. The molecule has 20 heavy (non-hydrogen) atoms. The molecular formula is C13H12N2O3S2. The molecule has 0 radical (unpaired) electrons. The van der Waals surface area contributed by atoms with E-state index < -0.39 is 10.0 Å². The Bertz CT molecular complexity index is 745. The van der Waals surface area contributed by atoms with Crippen molar-refractivity contribution < 1.29 is 13.2 Å². The van der Waals surface area contributed by atoms with E-state index in [1.165, 1.54) is 17.4 Å². The summed E-state index contributed by atoms with van der Waals surface area (Å²) in [5.74, 6) is 0.439. The lowest BCUT2D eigenvalue weighted by Gasteiger charge is -2.08. The number of anilines is 1. The minimum atomic E-state index is -3.58. The lowest BCUT2D eigenvalue weighted by Crippen LogP contribution is -2.11. The van der Waals surface area contributed by atoms with Crippen molar-refractivity contribution in [2.24, 2.45) is 0 Å². The Balaban J connectivity index is 2.19. The monoisotopic (exact) mass is 308 g/mol. The minimum Gasteiger partial charge on any atom is -0.479 e. The van der Waals surface area contributed by atoms with Gasteiger partial charge in [0.2, 0.25) is 0 Å². The minimum absolute atomic E-state index is 0.0830. The topological polar surface area (TPSA) is 79.2 Å². The molecule has 0 saturated heterocycles. The summed E-state index contributed by atoms with van der Waals surface area (Å²) in [7, 11) is -3.58. The van der Waals surface area contributed by atoms with Gasteiger partial charge >= 0.3 is 0 Å². The molecule has 7 heteroatoms. The van der Waals surface area contributed by atoms with Crippen LogP contribution in [0.2, 0.25) is 0 Å². The maximum atomic E-state index is 12.1. The zero-order valence-electron chi connectivity index (χ0n) is 10.7. The Morgan fingerprint density at radius 2 is 2.15 bits per heavy atom. The standard InChI is InChI=1S/C13H12N2O3S2/c1-10-5-6-13(19-10)20(16,17)15-11-3-2-4-12(9-11)18-8-7-14/h2-6,9,15H,8H2,1H3. The van der Waals surface area contributed by atoms with Gasteiger partial charge in [0.1, 0.15) is 16.0 Å². The van der Waals surface area contributed by atoms with Crippen LogP contribution in [0, 0.1) is 18.3 Å². The fraction of sp³-hybridized carbons (Fsp3) is 0.154. The number of sulfonamides is 1. The predicted molar refractivity (Wildman–Crippen MR) is 77.4 cm³/mol. The summed E-state index contributed by atoms with van der Waals surface area (Å²) in [6.45, 7) is 1.76. The second kappa shape index (κ2) is 5.94. The summed E-state index contributed by atoms with van der Waals surface area (Å²) in [4.78, 5) is 0.927. The average molecular weight is 308 g/mol. The van der Waals surface area contributed by atoms with Crippen LogP contribution in [0.15, 0.2) is 40.6 Å². The molecule has 0 spiro atoms. The van der Waals surface area contributed by atoms with Crippen LogP contribution >= 0.6 is 11.3 Å². The molecule has 2 rings (SSSR count). The highest BCUT2D eigenvalue weighted by Gasteiger charge is 2.16. The Hall–Kier alpha value is -2.04. The van der Waals surface area contributed by atoms with Gasteiger partial charge < -0.3 is 4.74 Å². The number of nitrogens with zero attached hydrogens (tertiary/aromatic N) is 1. The molecule has 0 saturated carbocycles. The maximum Gasteiger partial charge on any atom is 0.271 e. The molecule has 0 amide bonds. The summed E-state index contributed by atoms with van der Waals surface area (Å²) >= 11 is 1.21. The highest BCUT2D eigenvalue weighted by Crippen LogP contribution is 2.25. The van der Waals surface area contributed by atoms with Gasteiger partial charge in [-0.15, -0.1) is 11.3 Å². The molecular weight excluding hydrogens is 296 g/mol. The number of nitriles is 1. The lowest BCUT2D eigenvalue weighted by atomic mass is 10.3. The molecule has 0 aliphatic rings. The van der Waals surface area contributed by atoms with Gasteiger partial charge in [-0.1, -0.05) is 6.07 Å². The van der Waals surface area contributed by atoms with E-state index in [1.807, 2.05) is 13.0 Å². The van der Waals surface area contributed by atoms with Gasteiger partial charge in [-0.25, -0.2) is 8.42 Å². The molecule has 1 N–H and O–H groups in total. The van der Waals surface area contributed by atoms with Crippen LogP contribution in [-0.4, -0.2) is 15.0 Å². The molecule has 0 atom stereocenters. The number of thiophene rings is 1. The normalized spacial score (nSPS) is 10.8. The van der Waals surface area contributed by atoms with Crippen LogP contribution in [0.3, 0.4) is 0 Å². The summed E-state index contributed by atoms with van der Waals surface area (Å²) in [6, 6.07) is 11.7. The fourth-order valence-electron chi connectivity index (χ4n) is 1.53. The summed E-state index contributed by atoms with van der Waals surface area (Å²) in [5, 5.41) is 8.45. The van der Waals surface area contributed by atoms with E-state index in [9.17, 15) is 8.42 Å². The second-order valence-electron chi connectivity index (χ2n) is 3.95. The van der Waals surface area contributed by atoms with E-state index >= 15 is 0 Å². The lowest BCUT2D eigenvalue weighted by molar-refractivity contribution is 0.368. The number of aryl methyl sites for hydroxylation is 1. The van der Waals surface area contributed by atoms with Crippen molar-refractivity contribution in [3.63, 3.8) is 0 Å². The molecule has 0 bridgehead atoms. The van der Waals surface area contributed by atoms with E-state index in [0.717, 1.165) is 4.88 Å². The Morgan fingerprint density at radius 1 is 1.35 bits per heavy atom. The first-order valence-corrected chi connectivity index (χ1v) is 8.00. The number of rotatable bonds is 5. The fourth-order valence-corrected chi connectivity index (χ4v) is 3.86. The molecule has 1 aromatic carbocycles. The van der Waals surface area contributed by atoms with Crippen LogP contribution in [0.1, 0.15) is 4.88 Å². The van der Waals surface area contributed by atoms with Crippen molar-refractivity contribution in [3.8, 4) is 11.8 Å². The van der Waals surface area contributed by atoms with E-state index in [-0.39, 0.29) is 10.8 Å². The third-order valence-corrected chi connectivity index (χ3v) is 5.24. The van der Waals surface area contributed by atoms with Crippen molar-refractivity contribution in [1.82, 2.24) is 0 Å². The first-order chi connectivity index (χ1) is 9.51. The van der Waals surface area contributed by atoms with Crippen LogP contribution in [0.5, 0.6) is 5.75 Å². The summed E-state index contributed by atoms with van der Waals surface area (Å²) in [6.07, 6.45) is 0. The molecule has 0 fully saturated rings. The van der Waals surface area contributed by atoms with E-state index in [2.05, 4.69) is 4.72 Å². The average Bonchev–Trinajstić information content (AvgIpc) is 2.84. The second-order valence-corrected chi connectivity index (χ2v) is 7.14. The zero-order valence-corrected chi connectivity index (χ0v) is 12.3. The van der Waals surface area contributed by atoms with Crippen molar-refractivity contribution in [1.29, 1.82) is 5.26 Å². The van der Waals surface area contributed by atoms with Gasteiger partial charge in [0, 0.05) is 10.9 Å². The number of hydrogen-bond donors (Lipinski definition) is 1. The summed E-state index contributed by atoms with van der Waals surface area (Å²) in [5.41, 5.74) is 0.395. The molecule has 0 aliphatic heterocycles. The molecule has 1 aromatic heterocycles. The third kappa shape index (κ3) is 3.50. The SMILES string of the molecule is Cc1ccc(S(=O)(=O)Nc2cccc(OCC#N)c2)s1. The van der Waals surface area contributed by atoms with Crippen molar-refractivity contribution in [2.45, 2.75) is 11.1 Å². The highest BCUT2D eigenvalue weighted by atomic mass is 32.2. The van der Waals surface area contributed by atoms with Crippen LogP contribution in [-0.2, 0) is 10.0 Å².